The van der Waals surface area contributed by atoms with Crippen molar-refractivity contribution in [2.75, 3.05) is 13.2 Å². The highest BCUT2D eigenvalue weighted by Gasteiger charge is 2.19. The lowest BCUT2D eigenvalue weighted by molar-refractivity contribution is -0.167. The van der Waals surface area contributed by atoms with Gasteiger partial charge < -0.3 is 14.2 Å². The number of rotatable bonds is 69. The van der Waals surface area contributed by atoms with E-state index in [9.17, 15) is 14.4 Å². The average molecular weight is 1160 g/mol. The first-order chi connectivity index (χ1) is 41.0. The van der Waals surface area contributed by atoms with Gasteiger partial charge in [-0.3, -0.25) is 14.4 Å². The third kappa shape index (κ3) is 70.0. The van der Waals surface area contributed by atoms with Crippen LogP contribution in [0.4, 0.5) is 0 Å². The lowest BCUT2D eigenvalue weighted by Crippen LogP contribution is -2.30. The molecule has 0 aromatic rings. The second-order valence-electron chi connectivity index (χ2n) is 25.2. The lowest BCUT2D eigenvalue weighted by Gasteiger charge is -2.18. The molecule has 0 heterocycles. The Bertz CT molecular complexity index is 1430. The van der Waals surface area contributed by atoms with Crippen LogP contribution in [0, 0.1) is 0 Å². The molecule has 0 aromatic heterocycles. The third-order valence-electron chi connectivity index (χ3n) is 16.8. The van der Waals surface area contributed by atoms with E-state index in [1.807, 2.05) is 0 Å². The molecule has 0 spiro atoms. The van der Waals surface area contributed by atoms with E-state index in [0.717, 1.165) is 77.0 Å². The van der Waals surface area contributed by atoms with E-state index in [4.69, 9.17) is 14.2 Å². The zero-order valence-corrected chi connectivity index (χ0v) is 56.0. The number of carbonyl (C=O) groups excluding carboxylic acids is 3. The van der Waals surface area contributed by atoms with E-state index in [1.54, 1.807) is 0 Å². The first-order valence-electron chi connectivity index (χ1n) is 37.1. The summed E-state index contributed by atoms with van der Waals surface area (Å²) in [6, 6.07) is 0. The molecule has 6 nitrogen and oxygen atoms in total. The molecule has 1 atom stereocenters. The van der Waals surface area contributed by atoms with Gasteiger partial charge in [-0.1, -0.05) is 352 Å². The van der Waals surface area contributed by atoms with E-state index in [2.05, 4.69) is 69.4 Å². The molecule has 0 radical (unpaired) electrons. The predicted octanol–water partition coefficient (Wildman–Crippen LogP) is 25.7. The Morgan fingerprint density at radius 3 is 0.687 bits per heavy atom. The molecule has 486 valence electrons. The molecular weight excluding hydrogens is 1020 g/mol. The minimum atomic E-state index is -0.769. The Morgan fingerprint density at radius 1 is 0.241 bits per heavy atom. The molecule has 0 saturated heterocycles. The zero-order chi connectivity index (χ0) is 59.9. The van der Waals surface area contributed by atoms with Crippen molar-refractivity contribution < 1.29 is 28.6 Å². The molecule has 0 aliphatic heterocycles. The fraction of sp³-hybridized carbons (Fsp3) is 0.857. The van der Waals surface area contributed by atoms with E-state index in [-0.39, 0.29) is 31.1 Å². The highest BCUT2D eigenvalue weighted by molar-refractivity contribution is 5.71. The van der Waals surface area contributed by atoms with E-state index in [1.165, 1.54) is 289 Å². The summed E-state index contributed by atoms with van der Waals surface area (Å²) in [5.74, 6) is -0.859. The summed E-state index contributed by atoms with van der Waals surface area (Å²) in [6.45, 7) is 6.61. The fourth-order valence-corrected chi connectivity index (χ4v) is 11.2. The number of hydrogen-bond acceptors (Lipinski definition) is 6. The molecule has 83 heavy (non-hydrogen) atoms. The second-order valence-corrected chi connectivity index (χ2v) is 25.2. The van der Waals surface area contributed by atoms with Gasteiger partial charge in [0, 0.05) is 19.3 Å². The molecule has 0 aliphatic carbocycles. The normalized spacial score (nSPS) is 12.3. The first kappa shape index (κ1) is 80.4. The van der Waals surface area contributed by atoms with Gasteiger partial charge in [-0.25, -0.2) is 0 Å². The van der Waals surface area contributed by atoms with Crippen LogP contribution < -0.4 is 0 Å². The molecule has 0 aliphatic rings. The maximum atomic E-state index is 12.9. The first-order valence-corrected chi connectivity index (χ1v) is 37.1. The van der Waals surface area contributed by atoms with E-state index >= 15 is 0 Å². The Morgan fingerprint density at radius 2 is 0.434 bits per heavy atom. The molecule has 1 unspecified atom stereocenters. The number of esters is 3. The fourth-order valence-electron chi connectivity index (χ4n) is 11.2. The van der Waals surface area contributed by atoms with Gasteiger partial charge in [0.15, 0.2) is 6.10 Å². The van der Waals surface area contributed by atoms with Gasteiger partial charge in [-0.05, 0) is 83.5 Å². The number of hydrogen-bond donors (Lipinski definition) is 0. The Hall–Kier alpha value is -2.63. The van der Waals surface area contributed by atoms with Gasteiger partial charge in [-0.15, -0.1) is 0 Å². The van der Waals surface area contributed by atoms with Crippen LogP contribution in [0.15, 0.2) is 48.6 Å². The van der Waals surface area contributed by atoms with Crippen LogP contribution in [0.1, 0.15) is 406 Å². The smallest absolute Gasteiger partial charge is 0.306 e. The lowest BCUT2D eigenvalue weighted by atomic mass is 10.0. The molecule has 0 saturated carbocycles. The van der Waals surface area contributed by atoms with Crippen LogP contribution in [0.5, 0.6) is 0 Å². The van der Waals surface area contributed by atoms with Crippen LogP contribution in [0.25, 0.3) is 0 Å². The second kappa shape index (κ2) is 71.8. The largest absolute Gasteiger partial charge is 0.462 e. The highest BCUT2D eigenvalue weighted by Crippen LogP contribution is 2.19. The van der Waals surface area contributed by atoms with Crippen molar-refractivity contribution in [1.82, 2.24) is 0 Å². The zero-order valence-electron chi connectivity index (χ0n) is 56.0. The van der Waals surface area contributed by atoms with E-state index < -0.39 is 6.10 Å². The SMILES string of the molecule is CCCCCCC/C=C\C/C=C\C/C=C\CCCCCCCCCCCCCCCCC(=O)OC(COC(=O)CCCCCCC)COC(=O)CCCCCCCCCCCCCCCCCCCCC/C=C\CCCCCCCCCC. The summed E-state index contributed by atoms with van der Waals surface area (Å²) in [5, 5.41) is 0. The minimum Gasteiger partial charge on any atom is -0.462 e. The maximum absolute atomic E-state index is 12.9. The van der Waals surface area contributed by atoms with Gasteiger partial charge in [0.1, 0.15) is 13.2 Å². The van der Waals surface area contributed by atoms with Crippen LogP contribution in [0.3, 0.4) is 0 Å². The Labute approximate surface area is 518 Å². The molecule has 0 bridgehead atoms. The van der Waals surface area contributed by atoms with Gasteiger partial charge in [-0.2, -0.15) is 0 Å². The summed E-state index contributed by atoms with van der Waals surface area (Å²) in [7, 11) is 0. The van der Waals surface area contributed by atoms with Gasteiger partial charge in [0.2, 0.25) is 0 Å². The van der Waals surface area contributed by atoms with E-state index in [0.29, 0.717) is 19.3 Å². The number of unbranched alkanes of at least 4 members (excludes halogenated alkanes) is 50. The van der Waals surface area contributed by atoms with Crippen molar-refractivity contribution in [1.29, 1.82) is 0 Å². The molecule has 0 amide bonds. The quantitative estimate of drug-likeness (QED) is 0.0261. The van der Waals surface area contributed by atoms with Crippen LogP contribution in [0.2, 0.25) is 0 Å². The summed E-state index contributed by atoms with van der Waals surface area (Å²) in [4.78, 5) is 38.1. The summed E-state index contributed by atoms with van der Waals surface area (Å²) >= 11 is 0. The van der Waals surface area contributed by atoms with Crippen molar-refractivity contribution >= 4 is 17.9 Å². The molecule has 0 aromatic carbocycles. The number of carbonyl (C=O) groups is 3. The molecule has 0 fully saturated rings. The van der Waals surface area contributed by atoms with Crippen molar-refractivity contribution in [2.45, 2.75) is 412 Å². The van der Waals surface area contributed by atoms with Crippen molar-refractivity contribution in [3.8, 4) is 0 Å². The molecule has 0 rings (SSSR count). The van der Waals surface area contributed by atoms with Crippen molar-refractivity contribution in [3.05, 3.63) is 48.6 Å². The monoisotopic (exact) mass is 1160 g/mol. The summed E-state index contributed by atoms with van der Waals surface area (Å²) in [6.07, 6.45) is 92.2. The molecule has 0 N–H and O–H groups in total. The Kier molecular flexibility index (Phi) is 69.6. The van der Waals surface area contributed by atoms with Crippen LogP contribution in [-0.2, 0) is 28.6 Å². The highest BCUT2D eigenvalue weighted by atomic mass is 16.6. The van der Waals surface area contributed by atoms with Crippen molar-refractivity contribution in [2.24, 2.45) is 0 Å². The minimum absolute atomic E-state index is 0.0686. The van der Waals surface area contributed by atoms with Gasteiger partial charge in [0.25, 0.3) is 0 Å². The van der Waals surface area contributed by atoms with Crippen molar-refractivity contribution in [3.63, 3.8) is 0 Å². The molecular formula is C77H142O6. The maximum Gasteiger partial charge on any atom is 0.306 e. The van der Waals surface area contributed by atoms with Crippen LogP contribution >= 0.6 is 0 Å². The van der Waals surface area contributed by atoms with Crippen LogP contribution in [-0.4, -0.2) is 37.2 Å². The standard InChI is InChI=1S/C77H142O6/c1-4-7-10-13-15-17-19-21-23-25-27-29-31-33-35-37-38-40-41-43-45-47-49-51-53-55-57-59-61-64-67-70-76(79)82-73-74(72-81-75(78)69-66-63-12-9-6-3)83-77(80)71-68-65-62-60-58-56-54-52-50-48-46-44-42-39-36-34-32-30-28-26-24-22-20-18-16-14-11-8-5-2/h20,22,25-28,32,34,74H,4-19,21,23-24,29-31,33,35-73H2,1-3H3/b22-20-,27-25-,28-26-,34-32-. The Balaban J connectivity index is 3.91. The molecule has 6 heteroatoms. The summed E-state index contributed by atoms with van der Waals surface area (Å²) in [5.41, 5.74) is 0. The summed E-state index contributed by atoms with van der Waals surface area (Å²) < 4.78 is 16.8. The number of ether oxygens (including phenoxy) is 3. The van der Waals surface area contributed by atoms with Gasteiger partial charge >= 0.3 is 17.9 Å². The third-order valence-corrected chi connectivity index (χ3v) is 16.8. The topological polar surface area (TPSA) is 78.9 Å². The number of allylic oxidation sites excluding steroid dienone is 8. The predicted molar refractivity (Wildman–Crippen MR) is 362 cm³/mol. The van der Waals surface area contributed by atoms with Gasteiger partial charge in [0.05, 0.1) is 0 Å². The average Bonchev–Trinajstić information content (AvgIpc) is 3.48.